The molecule has 2 aromatic rings. The van der Waals surface area contributed by atoms with Crippen molar-refractivity contribution >= 4 is 17.3 Å². The van der Waals surface area contributed by atoms with E-state index >= 15 is 0 Å². The smallest absolute Gasteiger partial charge is 0.282 e. The van der Waals surface area contributed by atoms with Crippen LogP contribution < -0.4 is 10.2 Å². The van der Waals surface area contributed by atoms with Gasteiger partial charge in [-0.1, -0.05) is 24.3 Å². The summed E-state index contributed by atoms with van der Waals surface area (Å²) in [6.07, 6.45) is 2.29. The molecular formula is C21H26N4O3. The molecule has 0 aliphatic carbocycles. The standard InChI is InChI=1S/C21H26N4O3/c1-23(2)17-11-9-16(10-12-17)20(24-13-5-6-14-24)15-22-21(26)18-7-3-4-8-19(18)25(27)28/h3-4,7-12,20H,5-6,13-15H2,1-2H3,(H,22,26)/t20-/m1/s1. The number of benzene rings is 2. The SMILES string of the molecule is CN(C)c1ccc([C@@H](CNC(=O)c2ccccc2[N+](=O)[O-])N2CCCC2)cc1. The van der Waals surface area contributed by atoms with Crippen molar-refractivity contribution in [3.63, 3.8) is 0 Å². The molecule has 1 aliphatic heterocycles. The Hall–Kier alpha value is -2.93. The molecule has 0 saturated carbocycles. The second kappa shape index (κ2) is 8.84. The molecular weight excluding hydrogens is 356 g/mol. The van der Waals surface area contributed by atoms with E-state index in [9.17, 15) is 14.9 Å². The van der Waals surface area contributed by atoms with Gasteiger partial charge in [0.05, 0.1) is 11.0 Å². The minimum atomic E-state index is -0.521. The number of nitro benzene ring substituents is 1. The maximum atomic E-state index is 12.6. The molecule has 3 rings (SSSR count). The van der Waals surface area contributed by atoms with Crippen LogP contribution in [0.4, 0.5) is 11.4 Å². The third kappa shape index (κ3) is 4.48. The van der Waals surface area contributed by atoms with Gasteiger partial charge < -0.3 is 10.2 Å². The van der Waals surface area contributed by atoms with Crippen LogP contribution in [-0.2, 0) is 0 Å². The third-order valence-electron chi connectivity index (χ3n) is 5.18. The molecule has 0 radical (unpaired) electrons. The summed E-state index contributed by atoms with van der Waals surface area (Å²) in [4.78, 5) is 27.7. The fraction of sp³-hybridized carbons (Fsp3) is 0.381. The second-order valence-electron chi connectivity index (χ2n) is 7.23. The number of hydrogen-bond acceptors (Lipinski definition) is 5. The van der Waals surface area contributed by atoms with Gasteiger partial charge in [-0.15, -0.1) is 0 Å². The number of para-hydroxylation sites is 1. The zero-order valence-electron chi connectivity index (χ0n) is 16.3. The van der Waals surface area contributed by atoms with Crippen LogP contribution in [-0.4, -0.2) is 49.5 Å². The van der Waals surface area contributed by atoms with Crippen molar-refractivity contribution in [2.45, 2.75) is 18.9 Å². The molecule has 7 heteroatoms. The van der Waals surface area contributed by atoms with Gasteiger partial charge in [-0.05, 0) is 49.7 Å². The van der Waals surface area contributed by atoms with E-state index < -0.39 is 10.8 Å². The fourth-order valence-corrected chi connectivity index (χ4v) is 3.62. The molecule has 7 nitrogen and oxygen atoms in total. The summed E-state index contributed by atoms with van der Waals surface area (Å²) in [7, 11) is 4.00. The van der Waals surface area contributed by atoms with Gasteiger partial charge in [0.15, 0.2) is 0 Å². The zero-order valence-corrected chi connectivity index (χ0v) is 16.3. The lowest BCUT2D eigenvalue weighted by Gasteiger charge is -2.28. The molecule has 148 valence electrons. The Labute approximate surface area is 165 Å². The number of rotatable bonds is 7. The highest BCUT2D eigenvalue weighted by molar-refractivity contribution is 5.98. The highest BCUT2D eigenvalue weighted by Crippen LogP contribution is 2.26. The fourth-order valence-electron chi connectivity index (χ4n) is 3.62. The van der Waals surface area contributed by atoms with E-state index in [1.807, 2.05) is 19.0 Å². The Morgan fingerprint density at radius 3 is 2.39 bits per heavy atom. The molecule has 28 heavy (non-hydrogen) atoms. The summed E-state index contributed by atoms with van der Waals surface area (Å²) >= 11 is 0. The number of amides is 1. The molecule has 1 saturated heterocycles. The summed E-state index contributed by atoms with van der Waals surface area (Å²) in [5.74, 6) is -0.415. The lowest BCUT2D eigenvalue weighted by Crippen LogP contribution is -2.37. The first-order valence-electron chi connectivity index (χ1n) is 9.50. The molecule has 1 amide bonds. The molecule has 0 aromatic heterocycles. The summed E-state index contributed by atoms with van der Waals surface area (Å²) < 4.78 is 0. The van der Waals surface area contributed by atoms with Gasteiger partial charge >= 0.3 is 0 Å². The average molecular weight is 382 g/mol. The average Bonchev–Trinajstić information content (AvgIpc) is 3.22. The molecule has 0 spiro atoms. The van der Waals surface area contributed by atoms with Gasteiger partial charge in [0.1, 0.15) is 5.56 Å². The maximum absolute atomic E-state index is 12.6. The highest BCUT2D eigenvalue weighted by atomic mass is 16.6. The lowest BCUT2D eigenvalue weighted by atomic mass is 10.0. The van der Waals surface area contributed by atoms with E-state index in [0.29, 0.717) is 6.54 Å². The van der Waals surface area contributed by atoms with Crippen molar-refractivity contribution in [2.24, 2.45) is 0 Å². The Morgan fingerprint density at radius 2 is 1.79 bits per heavy atom. The van der Waals surface area contributed by atoms with Crippen molar-refractivity contribution in [3.05, 3.63) is 69.8 Å². The predicted octanol–water partition coefficient (Wildman–Crippen LogP) is 3.23. The van der Waals surface area contributed by atoms with Crippen molar-refractivity contribution < 1.29 is 9.72 Å². The molecule has 1 N–H and O–H groups in total. The van der Waals surface area contributed by atoms with Crippen LogP contribution in [0.5, 0.6) is 0 Å². The lowest BCUT2D eigenvalue weighted by molar-refractivity contribution is -0.385. The van der Waals surface area contributed by atoms with Crippen molar-refractivity contribution in [3.8, 4) is 0 Å². The van der Waals surface area contributed by atoms with Crippen molar-refractivity contribution in [1.29, 1.82) is 0 Å². The first kappa shape index (κ1) is 19.8. The first-order chi connectivity index (χ1) is 13.5. The van der Waals surface area contributed by atoms with Crippen LogP contribution in [0.15, 0.2) is 48.5 Å². The van der Waals surface area contributed by atoms with Gasteiger partial charge in [0.2, 0.25) is 0 Å². The molecule has 0 unspecified atom stereocenters. The Balaban J connectivity index is 1.77. The monoisotopic (exact) mass is 382 g/mol. The van der Waals surface area contributed by atoms with E-state index in [1.165, 1.54) is 12.1 Å². The van der Waals surface area contributed by atoms with Crippen LogP contribution in [0.3, 0.4) is 0 Å². The van der Waals surface area contributed by atoms with E-state index in [4.69, 9.17) is 0 Å². The number of nitro groups is 1. The van der Waals surface area contributed by atoms with Crippen LogP contribution in [0.25, 0.3) is 0 Å². The minimum absolute atomic E-state index is 0.0467. The molecule has 1 aliphatic rings. The summed E-state index contributed by atoms with van der Waals surface area (Å²) in [6.45, 7) is 2.38. The van der Waals surface area contributed by atoms with Crippen molar-refractivity contribution in [2.75, 3.05) is 38.6 Å². The number of nitrogens with zero attached hydrogens (tertiary/aromatic N) is 3. The van der Waals surface area contributed by atoms with Gasteiger partial charge in [0.25, 0.3) is 11.6 Å². The topological polar surface area (TPSA) is 78.7 Å². The molecule has 2 aromatic carbocycles. The summed E-state index contributed by atoms with van der Waals surface area (Å²) in [5, 5.41) is 14.1. The number of anilines is 1. The van der Waals surface area contributed by atoms with Gasteiger partial charge in [-0.25, -0.2) is 0 Å². The number of carbonyl (C=O) groups excluding carboxylic acids is 1. The number of carbonyl (C=O) groups is 1. The Morgan fingerprint density at radius 1 is 1.14 bits per heavy atom. The van der Waals surface area contributed by atoms with E-state index in [0.717, 1.165) is 37.2 Å². The van der Waals surface area contributed by atoms with E-state index in [-0.39, 0.29) is 17.3 Å². The Kier molecular flexibility index (Phi) is 6.26. The highest BCUT2D eigenvalue weighted by Gasteiger charge is 2.25. The van der Waals surface area contributed by atoms with E-state index in [2.05, 4.69) is 34.5 Å². The van der Waals surface area contributed by atoms with Crippen LogP contribution in [0.2, 0.25) is 0 Å². The summed E-state index contributed by atoms with van der Waals surface area (Å²) in [5.41, 5.74) is 2.17. The van der Waals surface area contributed by atoms with Crippen LogP contribution in [0, 0.1) is 10.1 Å². The third-order valence-corrected chi connectivity index (χ3v) is 5.18. The van der Waals surface area contributed by atoms with Crippen LogP contribution in [0.1, 0.15) is 34.8 Å². The molecule has 1 heterocycles. The quantitative estimate of drug-likeness (QED) is 0.588. The first-order valence-corrected chi connectivity index (χ1v) is 9.50. The number of hydrogen-bond donors (Lipinski definition) is 1. The second-order valence-corrected chi connectivity index (χ2v) is 7.23. The van der Waals surface area contributed by atoms with E-state index in [1.54, 1.807) is 12.1 Å². The van der Waals surface area contributed by atoms with Gasteiger partial charge in [0, 0.05) is 32.4 Å². The van der Waals surface area contributed by atoms with Crippen LogP contribution >= 0.6 is 0 Å². The largest absolute Gasteiger partial charge is 0.378 e. The van der Waals surface area contributed by atoms with Gasteiger partial charge in [-0.2, -0.15) is 0 Å². The minimum Gasteiger partial charge on any atom is -0.378 e. The molecule has 1 fully saturated rings. The maximum Gasteiger partial charge on any atom is 0.282 e. The van der Waals surface area contributed by atoms with Crippen molar-refractivity contribution in [1.82, 2.24) is 10.2 Å². The number of likely N-dealkylation sites (tertiary alicyclic amines) is 1. The molecule has 1 atom stereocenters. The number of nitrogens with one attached hydrogen (secondary N) is 1. The zero-order chi connectivity index (χ0) is 20.1. The van der Waals surface area contributed by atoms with Gasteiger partial charge in [-0.3, -0.25) is 19.8 Å². The normalized spacial score (nSPS) is 15.2. The summed E-state index contributed by atoms with van der Waals surface area (Å²) in [6, 6.07) is 14.4. The molecule has 0 bridgehead atoms. The Bertz CT molecular complexity index is 830. The predicted molar refractivity (Wildman–Crippen MR) is 110 cm³/mol.